The van der Waals surface area contributed by atoms with Crippen LogP contribution in [0.4, 0.5) is 4.39 Å². The van der Waals surface area contributed by atoms with Crippen LogP contribution in [0.25, 0.3) is 11.3 Å². The summed E-state index contributed by atoms with van der Waals surface area (Å²) in [5.41, 5.74) is 2.90. The van der Waals surface area contributed by atoms with E-state index >= 15 is 0 Å². The largest absolute Gasteiger partial charge is 0.392 e. The molecule has 0 saturated heterocycles. The molecule has 0 bridgehead atoms. The molecule has 2 N–H and O–H groups in total. The Hall–Kier alpha value is -1.61. The zero-order valence-corrected chi connectivity index (χ0v) is 8.42. The van der Waals surface area contributed by atoms with Gasteiger partial charge >= 0.3 is 0 Å². The number of halogens is 1. The Labute approximate surface area is 87.4 Å². The lowest BCUT2D eigenvalue weighted by Crippen LogP contribution is -1.83. The molecule has 0 aliphatic rings. The molecular weight excluding hydrogens is 193 g/mol. The summed E-state index contributed by atoms with van der Waals surface area (Å²) >= 11 is 0. The van der Waals surface area contributed by atoms with Crippen LogP contribution in [0.2, 0.25) is 0 Å². The number of aromatic amines is 1. The number of nitrogens with one attached hydrogen (secondary N) is 1. The van der Waals surface area contributed by atoms with Gasteiger partial charge in [0.25, 0.3) is 0 Å². The van der Waals surface area contributed by atoms with Crippen molar-refractivity contribution in [3.05, 3.63) is 47.4 Å². The number of aromatic nitrogens is 1. The first-order valence-corrected chi connectivity index (χ1v) is 4.76. The van der Waals surface area contributed by atoms with Crippen molar-refractivity contribution < 1.29 is 9.50 Å². The second kappa shape index (κ2) is 3.87. The van der Waals surface area contributed by atoms with Crippen molar-refractivity contribution >= 4 is 0 Å². The highest BCUT2D eigenvalue weighted by Gasteiger charge is 2.08. The van der Waals surface area contributed by atoms with Crippen LogP contribution in [-0.2, 0) is 6.61 Å². The fraction of sp³-hybridized carbons (Fsp3) is 0.167. The Bertz CT molecular complexity index is 476. The first kappa shape index (κ1) is 9.93. The first-order chi connectivity index (χ1) is 7.22. The summed E-state index contributed by atoms with van der Waals surface area (Å²) in [5.74, 6) is -0.261. The van der Waals surface area contributed by atoms with Crippen LogP contribution < -0.4 is 0 Å². The zero-order chi connectivity index (χ0) is 10.8. The van der Waals surface area contributed by atoms with E-state index in [-0.39, 0.29) is 12.4 Å². The van der Waals surface area contributed by atoms with E-state index in [4.69, 9.17) is 5.11 Å². The van der Waals surface area contributed by atoms with Gasteiger partial charge in [0.05, 0.1) is 6.61 Å². The second-order valence-corrected chi connectivity index (χ2v) is 3.47. The number of hydrogen-bond acceptors (Lipinski definition) is 1. The Morgan fingerprint density at radius 3 is 2.67 bits per heavy atom. The Balaban J connectivity index is 2.50. The summed E-state index contributed by atoms with van der Waals surface area (Å²) in [4.78, 5) is 3.05. The van der Waals surface area contributed by atoms with E-state index in [9.17, 15) is 4.39 Å². The lowest BCUT2D eigenvalue weighted by Gasteiger charge is -1.98. The molecule has 2 rings (SSSR count). The molecule has 1 aromatic carbocycles. The summed E-state index contributed by atoms with van der Waals surface area (Å²) in [7, 11) is 0. The van der Waals surface area contributed by atoms with E-state index < -0.39 is 0 Å². The van der Waals surface area contributed by atoms with Crippen molar-refractivity contribution in [2.45, 2.75) is 13.5 Å². The van der Waals surface area contributed by atoms with Gasteiger partial charge < -0.3 is 10.1 Å². The third kappa shape index (κ3) is 1.78. The molecule has 0 atom stereocenters. The predicted molar refractivity (Wildman–Crippen MR) is 56.8 cm³/mol. The molecule has 0 aliphatic carbocycles. The van der Waals surface area contributed by atoms with Crippen molar-refractivity contribution in [3.63, 3.8) is 0 Å². The molecule has 0 amide bonds. The van der Waals surface area contributed by atoms with E-state index in [1.807, 2.05) is 6.92 Å². The molecule has 2 nitrogen and oxygen atoms in total. The summed E-state index contributed by atoms with van der Waals surface area (Å²) in [6, 6.07) is 8.34. The van der Waals surface area contributed by atoms with Gasteiger partial charge in [0.1, 0.15) is 5.82 Å². The number of aliphatic hydroxyl groups excluding tert-OH is 1. The monoisotopic (exact) mass is 205 g/mol. The fourth-order valence-electron chi connectivity index (χ4n) is 1.59. The van der Waals surface area contributed by atoms with Crippen molar-refractivity contribution in [2.75, 3.05) is 0 Å². The van der Waals surface area contributed by atoms with Gasteiger partial charge in [-0.1, -0.05) is 12.1 Å². The van der Waals surface area contributed by atoms with Gasteiger partial charge in [0.15, 0.2) is 0 Å². The molecule has 0 unspecified atom stereocenters. The summed E-state index contributed by atoms with van der Waals surface area (Å²) < 4.78 is 13.4. The van der Waals surface area contributed by atoms with Crippen LogP contribution in [0.1, 0.15) is 11.3 Å². The minimum Gasteiger partial charge on any atom is -0.392 e. The third-order valence-electron chi connectivity index (χ3n) is 2.46. The minimum atomic E-state index is -0.261. The highest BCUT2D eigenvalue weighted by Crippen LogP contribution is 2.24. The number of hydrogen-bond donors (Lipinski definition) is 2. The predicted octanol–water partition coefficient (Wildman–Crippen LogP) is 2.62. The summed E-state index contributed by atoms with van der Waals surface area (Å²) in [6.45, 7) is 1.83. The number of aliphatic hydroxyl groups is 1. The molecule has 2 aromatic rings. The standard InChI is InChI=1S/C12H12FNO/c1-8-9(7-15)6-12(14-8)10-4-2-3-5-11(10)13/h2-6,14-15H,7H2,1H3. The number of aryl methyl sites for hydroxylation is 1. The summed E-state index contributed by atoms with van der Waals surface area (Å²) in [5, 5.41) is 9.03. The minimum absolute atomic E-state index is 0.0310. The first-order valence-electron chi connectivity index (χ1n) is 4.76. The normalized spacial score (nSPS) is 10.6. The van der Waals surface area contributed by atoms with Crippen molar-refractivity contribution in [2.24, 2.45) is 0 Å². The van der Waals surface area contributed by atoms with Crippen LogP contribution >= 0.6 is 0 Å². The van der Waals surface area contributed by atoms with Crippen LogP contribution in [0.3, 0.4) is 0 Å². The molecule has 0 aliphatic heterocycles. The topological polar surface area (TPSA) is 36.0 Å². The van der Waals surface area contributed by atoms with E-state index in [1.165, 1.54) is 6.07 Å². The van der Waals surface area contributed by atoms with Gasteiger partial charge in [-0.05, 0) is 30.7 Å². The molecule has 1 heterocycles. The van der Waals surface area contributed by atoms with E-state index in [0.717, 1.165) is 11.3 Å². The Kier molecular flexibility index (Phi) is 2.56. The average molecular weight is 205 g/mol. The highest BCUT2D eigenvalue weighted by molar-refractivity contribution is 5.62. The Morgan fingerprint density at radius 1 is 1.33 bits per heavy atom. The third-order valence-corrected chi connectivity index (χ3v) is 2.46. The van der Waals surface area contributed by atoms with Crippen molar-refractivity contribution in [1.82, 2.24) is 4.98 Å². The lowest BCUT2D eigenvalue weighted by molar-refractivity contribution is 0.281. The van der Waals surface area contributed by atoms with Gasteiger partial charge in [0, 0.05) is 17.0 Å². The quantitative estimate of drug-likeness (QED) is 0.776. The van der Waals surface area contributed by atoms with Crippen molar-refractivity contribution in [3.8, 4) is 11.3 Å². The molecule has 0 fully saturated rings. The highest BCUT2D eigenvalue weighted by atomic mass is 19.1. The average Bonchev–Trinajstić information content (AvgIpc) is 2.60. The molecule has 78 valence electrons. The molecule has 0 radical (unpaired) electrons. The van der Waals surface area contributed by atoms with Gasteiger partial charge in [-0.25, -0.2) is 4.39 Å². The van der Waals surface area contributed by atoms with Gasteiger partial charge in [-0.15, -0.1) is 0 Å². The van der Waals surface area contributed by atoms with Gasteiger partial charge in [-0.3, -0.25) is 0 Å². The number of rotatable bonds is 2. The zero-order valence-electron chi connectivity index (χ0n) is 8.42. The van der Waals surface area contributed by atoms with Gasteiger partial charge in [0.2, 0.25) is 0 Å². The van der Waals surface area contributed by atoms with Crippen LogP contribution in [0, 0.1) is 12.7 Å². The number of benzene rings is 1. The lowest BCUT2D eigenvalue weighted by atomic mass is 10.1. The maximum absolute atomic E-state index is 13.4. The van der Waals surface area contributed by atoms with Crippen LogP contribution in [-0.4, -0.2) is 10.1 Å². The Morgan fingerprint density at radius 2 is 2.07 bits per heavy atom. The summed E-state index contributed by atoms with van der Waals surface area (Å²) in [6.07, 6.45) is 0. The second-order valence-electron chi connectivity index (χ2n) is 3.47. The fourth-order valence-corrected chi connectivity index (χ4v) is 1.59. The molecule has 1 aromatic heterocycles. The van der Waals surface area contributed by atoms with E-state index in [0.29, 0.717) is 11.3 Å². The molecule has 15 heavy (non-hydrogen) atoms. The molecule has 0 spiro atoms. The smallest absolute Gasteiger partial charge is 0.132 e. The maximum Gasteiger partial charge on any atom is 0.132 e. The van der Waals surface area contributed by atoms with E-state index in [2.05, 4.69) is 4.98 Å². The number of H-pyrrole nitrogens is 1. The van der Waals surface area contributed by atoms with Crippen LogP contribution in [0.15, 0.2) is 30.3 Å². The van der Waals surface area contributed by atoms with Crippen LogP contribution in [0.5, 0.6) is 0 Å². The SMILES string of the molecule is Cc1[nH]c(-c2ccccc2F)cc1CO. The molecule has 3 heteroatoms. The molecule has 0 saturated carbocycles. The molecular formula is C12H12FNO. The van der Waals surface area contributed by atoms with Gasteiger partial charge in [-0.2, -0.15) is 0 Å². The van der Waals surface area contributed by atoms with Crippen molar-refractivity contribution in [1.29, 1.82) is 0 Å². The maximum atomic E-state index is 13.4. The van der Waals surface area contributed by atoms with E-state index in [1.54, 1.807) is 24.3 Å².